The predicted octanol–water partition coefficient (Wildman–Crippen LogP) is 1.42. The quantitative estimate of drug-likeness (QED) is 0.483. The van der Waals surface area contributed by atoms with Crippen LogP contribution in [0.15, 0.2) is 24.3 Å². The molecule has 29 heavy (non-hydrogen) atoms. The molecule has 1 aromatic rings. The van der Waals surface area contributed by atoms with Crippen molar-refractivity contribution >= 4 is 23.8 Å². The number of ether oxygens (including phenoxy) is 2. The van der Waals surface area contributed by atoms with Gasteiger partial charge in [-0.1, -0.05) is 19.1 Å². The highest BCUT2D eigenvalue weighted by Crippen LogP contribution is 2.29. The SMILES string of the molecule is COC(=O)C(C(=O)OC)[C@H](C)[C@@H](NC(=O)Cc1ccc(C(F)(F)F)cc1)C(=O)O. The number of methoxy groups -OCH3 is 2. The number of aliphatic carboxylic acids is 1. The number of alkyl halides is 3. The van der Waals surface area contributed by atoms with Crippen molar-refractivity contribution in [2.75, 3.05) is 14.2 Å². The van der Waals surface area contributed by atoms with Crippen LogP contribution >= 0.6 is 0 Å². The van der Waals surface area contributed by atoms with Crippen LogP contribution in [0.25, 0.3) is 0 Å². The molecule has 0 radical (unpaired) electrons. The van der Waals surface area contributed by atoms with Crippen molar-refractivity contribution in [3.05, 3.63) is 35.4 Å². The summed E-state index contributed by atoms with van der Waals surface area (Å²) < 4.78 is 46.7. The Hall–Kier alpha value is -3.11. The number of hydrogen-bond donors (Lipinski definition) is 2. The highest BCUT2D eigenvalue weighted by atomic mass is 19.4. The van der Waals surface area contributed by atoms with Gasteiger partial charge in [-0.05, 0) is 17.7 Å². The van der Waals surface area contributed by atoms with E-state index in [-0.39, 0.29) is 5.56 Å². The zero-order chi connectivity index (χ0) is 22.4. The van der Waals surface area contributed by atoms with Crippen molar-refractivity contribution in [1.82, 2.24) is 5.32 Å². The van der Waals surface area contributed by atoms with E-state index in [1.54, 1.807) is 0 Å². The van der Waals surface area contributed by atoms with E-state index in [0.29, 0.717) is 0 Å². The van der Waals surface area contributed by atoms with Gasteiger partial charge in [0, 0.05) is 5.92 Å². The smallest absolute Gasteiger partial charge is 0.416 e. The van der Waals surface area contributed by atoms with Gasteiger partial charge in [-0.25, -0.2) is 4.79 Å². The van der Waals surface area contributed by atoms with Crippen molar-refractivity contribution in [1.29, 1.82) is 0 Å². The van der Waals surface area contributed by atoms with Gasteiger partial charge >= 0.3 is 24.1 Å². The summed E-state index contributed by atoms with van der Waals surface area (Å²) in [6, 6.07) is 2.12. The molecule has 0 bridgehead atoms. The van der Waals surface area contributed by atoms with E-state index >= 15 is 0 Å². The first-order valence-corrected chi connectivity index (χ1v) is 8.26. The lowest BCUT2D eigenvalue weighted by atomic mass is 9.87. The van der Waals surface area contributed by atoms with Crippen LogP contribution in [0.4, 0.5) is 13.2 Å². The Kier molecular flexibility index (Phi) is 8.16. The van der Waals surface area contributed by atoms with Crippen LogP contribution in [0.3, 0.4) is 0 Å². The maximum Gasteiger partial charge on any atom is 0.416 e. The molecule has 0 fully saturated rings. The van der Waals surface area contributed by atoms with Gasteiger partial charge in [-0.3, -0.25) is 14.4 Å². The summed E-state index contributed by atoms with van der Waals surface area (Å²) in [4.78, 5) is 47.5. The van der Waals surface area contributed by atoms with E-state index in [4.69, 9.17) is 0 Å². The number of rotatable bonds is 8. The molecule has 0 aliphatic heterocycles. The minimum Gasteiger partial charge on any atom is -0.480 e. The van der Waals surface area contributed by atoms with E-state index in [2.05, 4.69) is 14.8 Å². The summed E-state index contributed by atoms with van der Waals surface area (Å²) in [7, 11) is 2.01. The van der Waals surface area contributed by atoms with Crippen LogP contribution in [-0.4, -0.2) is 49.2 Å². The summed E-state index contributed by atoms with van der Waals surface area (Å²) in [5, 5.41) is 11.6. The first-order valence-electron chi connectivity index (χ1n) is 8.26. The van der Waals surface area contributed by atoms with Crippen LogP contribution in [0.5, 0.6) is 0 Å². The normalized spacial score (nSPS) is 13.3. The van der Waals surface area contributed by atoms with Gasteiger partial charge in [0.1, 0.15) is 6.04 Å². The lowest BCUT2D eigenvalue weighted by Crippen LogP contribution is -2.50. The number of esters is 2. The molecule has 2 N–H and O–H groups in total. The van der Waals surface area contributed by atoms with Crippen molar-refractivity contribution in [3.8, 4) is 0 Å². The molecule has 8 nitrogen and oxygen atoms in total. The highest BCUT2D eigenvalue weighted by molar-refractivity contribution is 5.96. The molecule has 0 saturated carbocycles. The van der Waals surface area contributed by atoms with E-state index in [1.165, 1.54) is 6.92 Å². The fourth-order valence-electron chi connectivity index (χ4n) is 2.61. The number of carboxylic acids is 1. The number of carbonyl (C=O) groups excluding carboxylic acids is 3. The largest absolute Gasteiger partial charge is 0.480 e. The molecule has 0 heterocycles. The minimum atomic E-state index is -4.53. The van der Waals surface area contributed by atoms with E-state index in [1.807, 2.05) is 0 Å². The van der Waals surface area contributed by atoms with Gasteiger partial charge < -0.3 is 19.9 Å². The molecule has 11 heteroatoms. The molecule has 2 atom stereocenters. The maximum atomic E-state index is 12.6. The Morgan fingerprint density at radius 1 is 1.03 bits per heavy atom. The number of carboxylic acid groups (broad SMARTS) is 1. The molecule has 1 aromatic carbocycles. The molecule has 0 saturated heterocycles. The highest BCUT2D eigenvalue weighted by Gasteiger charge is 2.42. The fraction of sp³-hybridized carbons (Fsp3) is 0.444. The standard InChI is InChI=1S/C18H20F3NO7/c1-9(13(16(26)28-2)17(27)29-3)14(15(24)25)22-12(23)8-10-4-6-11(7-5-10)18(19,20)21/h4-7,9,13-14H,8H2,1-3H3,(H,22,23)(H,24,25)/t9-,14+/m0/s1. The monoisotopic (exact) mass is 419 g/mol. The molecular formula is C18H20F3NO7. The number of benzene rings is 1. The molecule has 1 rings (SSSR count). The van der Waals surface area contributed by atoms with Crippen molar-refractivity contribution in [2.24, 2.45) is 11.8 Å². The number of hydrogen-bond acceptors (Lipinski definition) is 6. The van der Waals surface area contributed by atoms with Gasteiger partial charge in [0.05, 0.1) is 26.2 Å². The Balaban J connectivity index is 2.94. The summed E-state index contributed by atoms with van der Waals surface area (Å²) in [6.07, 6.45) is -4.93. The zero-order valence-electron chi connectivity index (χ0n) is 15.8. The number of nitrogens with one attached hydrogen (secondary N) is 1. The second kappa shape index (κ2) is 9.89. The van der Waals surface area contributed by atoms with E-state index < -0.39 is 59.9 Å². The van der Waals surface area contributed by atoms with Crippen molar-refractivity contribution < 1.29 is 46.9 Å². The van der Waals surface area contributed by atoms with Gasteiger partial charge in [-0.15, -0.1) is 0 Å². The maximum absolute atomic E-state index is 12.6. The molecule has 160 valence electrons. The van der Waals surface area contributed by atoms with Gasteiger partial charge in [0.15, 0.2) is 5.92 Å². The van der Waals surface area contributed by atoms with Gasteiger partial charge in [0.2, 0.25) is 5.91 Å². The average molecular weight is 419 g/mol. The Morgan fingerprint density at radius 2 is 1.52 bits per heavy atom. The summed E-state index contributed by atoms with van der Waals surface area (Å²) >= 11 is 0. The molecule has 0 unspecified atom stereocenters. The third-order valence-corrected chi connectivity index (χ3v) is 4.19. The molecule has 0 aliphatic carbocycles. The predicted molar refractivity (Wildman–Crippen MR) is 91.4 cm³/mol. The van der Waals surface area contributed by atoms with Crippen LogP contribution in [0.1, 0.15) is 18.1 Å². The van der Waals surface area contributed by atoms with Gasteiger partial charge in [-0.2, -0.15) is 13.2 Å². The lowest BCUT2D eigenvalue weighted by Gasteiger charge is -2.26. The minimum absolute atomic E-state index is 0.213. The third kappa shape index (κ3) is 6.47. The topological polar surface area (TPSA) is 119 Å². The summed E-state index contributed by atoms with van der Waals surface area (Å²) in [6.45, 7) is 1.25. The van der Waals surface area contributed by atoms with Crippen LogP contribution in [-0.2, 0) is 41.2 Å². The summed E-state index contributed by atoms with van der Waals surface area (Å²) in [5.74, 6) is -7.24. The first-order chi connectivity index (χ1) is 13.4. The van der Waals surface area contributed by atoms with E-state index in [0.717, 1.165) is 38.5 Å². The second-order valence-corrected chi connectivity index (χ2v) is 6.14. The first kappa shape index (κ1) is 23.9. The zero-order valence-corrected chi connectivity index (χ0v) is 15.8. The lowest BCUT2D eigenvalue weighted by molar-refractivity contribution is -0.163. The molecular weight excluding hydrogens is 399 g/mol. The van der Waals surface area contributed by atoms with E-state index in [9.17, 15) is 37.5 Å². The Morgan fingerprint density at radius 3 is 1.90 bits per heavy atom. The number of amides is 1. The van der Waals surface area contributed by atoms with Crippen LogP contribution < -0.4 is 5.32 Å². The number of carbonyl (C=O) groups is 4. The Labute approximate surface area is 164 Å². The third-order valence-electron chi connectivity index (χ3n) is 4.19. The van der Waals surface area contributed by atoms with Crippen molar-refractivity contribution in [3.63, 3.8) is 0 Å². The van der Waals surface area contributed by atoms with Crippen LogP contribution in [0, 0.1) is 11.8 Å². The molecule has 0 aliphatic rings. The fourth-order valence-corrected chi connectivity index (χ4v) is 2.61. The summed E-state index contributed by atoms with van der Waals surface area (Å²) in [5.41, 5.74) is -0.678. The number of halogens is 3. The molecule has 1 amide bonds. The molecule has 0 aromatic heterocycles. The van der Waals surface area contributed by atoms with Crippen molar-refractivity contribution in [2.45, 2.75) is 25.6 Å². The average Bonchev–Trinajstić information content (AvgIpc) is 2.65. The Bertz CT molecular complexity index is 746. The molecule has 0 spiro atoms. The van der Waals surface area contributed by atoms with Crippen LogP contribution in [0.2, 0.25) is 0 Å². The van der Waals surface area contributed by atoms with Gasteiger partial charge in [0.25, 0.3) is 0 Å². The second-order valence-electron chi connectivity index (χ2n) is 6.14.